The van der Waals surface area contributed by atoms with Crippen molar-refractivity contribution in [2.75, 3.05) is 26.2 Å². The number of carbonyl (C=O) groups excluding carboxylic acids is 1. The van der Waals surface area contributed by atoms with Crippen LogP contribution in [0.4, 0.5) is 0 Å². The zero-order chi connectivity index (χ0) is 16.6. The minimum Gasteiger partial charge on any atom is -0.341 e. The van der Waals surface area contributed by atoms with Gasteiger partial charge in [-0.3, -0.25) is 14.7 Å². The van der Waals surface area contributed by atoms with Crippen molar-refractivity contribution in [3.63, 3.8) is 0 Å². The zero-order valence-electron chi connectivity index (χ0n) is 14.1. The summed E-state index contributed by atoms with van der Waals surface area (Å²) < 4.78 is 0. The van der Waals surface area contributed by atoms with E-state index >= 15 is 0 Å². The molecule has 2 aromatic heterocycles. The monoisotopic (exact) mass is 343 g/mol. The van der Waals surface area contributed by atoms with E-state index in [1.54, 1.807) is 11.3 Å². The summed E-state index contributed by atoms with van der Waals surface area (Å²) in [5.74, 6) is 0.317. The smallest absolute Gasteiger partial charge is 0.222 e. The van der Waals surface area contributed by atoms with E-state index in [2.05, 4.69) is 44.4 Å². The number of hydrogen-bond donors (Lipinski definition) is 0. The van der Waals surface area contributed by atoms with E-state index in [1.165, 1.54) is 10.4 Å². The standard InChI is InChI=1S/C19H25N3OS/c23-19(6-1-4-18-5-2-15-24-18)22-12-3-11-21(13-14-22)16-17-7-9-20-10-8-17/h2,5,7-10,15H,1,3-4,6,11-14,16H2. The molecule has 24 heavy (non-hydrogen) atoms. The SMILES string of the molecule is O=C(CCCc1cccs1)N1CCCN(Cc2ccncc2)CC1. The lowest BCUT2D eigenvalue weighted by molar-refractivity contribution is -0.131. The number of pyridine rings is 1. The van der Waals surface area contributed by atoms with Gasteiger partial charge < -0.3 is 4.90 Å². The van der Waals surface area contributed by atoms with Gasteiger partial charge in [-0.2, -0.15) is 0 Å². The van der Waals surface area contributed by atoms with E-state index in [0.29, 0.717) is 12.3 Å². The molecule has 128 valence electrons. The van der Waals surface area contributed by atoms with Crippen LogP contribution in [0.15, 0.2) is 42.0 Å². The fourth-order valence-corrected chi connectivity index (χ4v) is 3.90. The van der Waals surface area contributed by atoms with Gasteiger partial charge in [0.2, 0.25) is 5.91 Å². The first-order chi connectivity index (χ1) is 11.8. The Morgan fingerprint density at radius 1 is 1.12 bits per heavy atom. The van der Waals surface area contributed by atoms with Gasteiger partial charge in [0.1, 0.15) is 0 Å². The highest BCUT2D eigenvalue weighted by atomic mass is 32.1. The minimum absolute atomic E-state index is 0.317. The van der Waals surface area contributed by atoms with Crippen LogP contribution >= 0.6 is 11.3 Å². The van der Waals surface area contributed by atoms with Crippen LogP contribution in [0.2, 0.25) is 0 Å². The Bertz CT molecular complexity index is 615. The summed E-state index contributed by atoms with van der Waals surface area (Å²) in [6, 6.07) is 8.36. The van der Waals surface area contributed by atoms with Gasteiger partial charge in [-0.15, -0.1) is 11.3 Å². The van der Waals surface area contributed by atoms with Gasteiger partial charge >= 0.3 is 0 Å². The van der Waals surface area contributed by atoms with Crippen LogP contribution in [0, 0.1) is 0 Å². The van der Waals surface area contributed by atoms with Gasteiger partial charge in [-0.25, -0.2) is 0 Å². The summed E-state index contributed by atoms with van der Waals surface area (Å²) in [4.78, 5) is 22.4. The maximum atomic E-state index is 12.4. The summed E-state index contributed by atoms with van der Waals surface area (Å²) >= 11 is 1.78. The van der Waals surface area contributed by atoms with Crippen molar-refractivity contribution in [3.05, 3.63) is 52.5 Å². The third kappa shape index (κ3) is 5.14. The largest absolute Gasteiger partial charge is 0.341 e. The Morgan fingerprint density at radius 2 is 2.00 bits per heavy atom. The number of nitrogens with zero attached hydrogens (tertiary/aromatic N) is 3. The first kappa shape index (κ1) is 17.1. The van der Waals surface area contributed by atoms with E-state index < -0.39 is 0 Å². The van der Waals surface area contributed by atoms with Crippen LogP contribution in [0.25, 0.3) is 0 Å². The van der Waals surface area contributed by atoms with E-state index in [0.717, 1.165) is 52.0 Å². The average molecular weight is 343 g/mol. The fraction of sp³-hybridized carbons (Fsp3) is 0.474. The third-order valence-electron chi connectivity index (χ3n) is 4.49. The predicted molar refractivity (Wildman–Crippen MR) is 98.0 cm³/mol. The van der Waals surface area contributed by atoms with Gasteiger partial charge in [-0.05, 0) is 48.4 Å². The molecule has 1 aliphatic heterocycles. The molecule has 1 saturated heterocycles. The van der Waals surface area contributed by atoms with Gasteiger partial charge in [-0.1, -0.05) is 6.07 Å². The molecule has 3 rings (SSSR count). The van der Waals surface area contributed by atoms with Gasteiger partial charge in [0.25, 0.3) is 0 Å². The Morgan fingerprint density at radius 3 is 2.79 bits per heavy atom. The molecule has 1 aliphatic rings. The molecule has 1 fully saturated rings. The van der Waals surface area contributed by atoms with Crippen molar-refractivity contribution < 1.29 is 4.79 Å². The second kappa shape index (κ2) is 8.94. The number of carbonyl (C=O) groups is 1. The molecule has 1 amide bonds. The first-order valence-electron chi connectivity index (χ1n) is 8.73. The second-order valence-corrected chi connectivity index (χ2v) is 7.33. The summed E-state index contributed by atoms with van der Waals surface area (Å²) in [7, 11) is 0. The molecule has 4 nitrogen and oxygen atoms in total. The number of aryl methyl sites for hydroxylation is 1. The number of aromatic nitrogens is 1. The van der Waals surface area contributed by atoms with Crippen LogP contribution in [0.3, 0.4) is 0 Å². The van der Waals surface area contributed by atoms with E-state index in [9.17, 15) is 4.79 Å². The summed E-state index contributed by atoms with van der Waals surface area (Å²) in [6.45, 7) is 4.71. The maximum Gasteiger partial charge on any atom is 0.222 e. The highest BCUT2D eigenvalue weighted by Crippen LogP contribution is 2.14. The molecular formula is C19H25N3OS. The molecule has 5 heteroatoms. The fourth-order valence-electron chi connectivity index (χ4n) is 3.15. The Kier molecular flexibility index (Phi) is 6.38. The molecule has 0 aliphatic carbocycles. The van der Waals surface area contributed by atoms with Crippen LogP contribution in [-0.2, 0) is 17.8 Å². The molecule has 0 bridgehead atoms. The molecule has 0 aromatic carbocycles. The molecular weight excluding hydrogens is 318 g/mol. The topological polar surface area (TPSA) is 36.4 Å². The van der Waals surface area contributed by atoms with Crippen molar-refractivity contribution in [3.8, 4) is 0 Å². The van der Waals surface area contributed by atoms with E-state index in [4.69, 9.17) is 0 Å². The van der Waals surface area contributed by atoms with Crippen molar-refractivity contribution in [1.29, 1.82) is 0 Å². The third-order valence-corrected chi connectivity index (χ3v) is 5.43. The molecule has 0 unspecified atom stereocenters. The van der Waals surface area contributed by atoms with Crippen molar-refractivity contribution in [2.45, 2.75) is 32.2 Å². The highest BCUT2D eigenvalue weighted by molar-refractivity contribution is 7.09. The molecule has 0 N–H and O–H groups in total. The number of amides is 1. The lowest BCUT2D eigenvalue weighted by Gasteiger charge is -2.22. The average Bonchev–Trinajstić information content (AvgIpc) is 3.01. The number of hydrogen-bond acceptors (Lipinski definition) is 4. The van der Waals surface area contributed by atoms with Crippen LogP contribution in [0.5, 0.6) is 0 Å². The quantitative estimate of drug-likeness (QED) is 0.808. The molecule has 3 heterocycles. The van der Waals surface area contributed by atoms with Crippen molar-refractivity contribution >= 4 is 17.2 Å². The van der Waals surface area contributed by atoms with Gasteiger partial charge in [0, 0.05) is 56.4 Å². The first-order valence-corrected chi connectivity index (χ1v) is 9.60. The van der Waals surface area contributed by atoms with Crippen LogP contribution in [-0.4, -0.2) is 46.9 Å². The normalized spacial score (nSPS) is 16.1. The second-order valence-electron chi connectivity index (χ2n) is 6.30. The van der Waals surface area contributed by atoms with Crippen LogP contribution in [0.1, 0.15) is 29.7 Å². The number of rotatable bonds is 6. The lowest BCUT2D eigenvalue weighted by atomic mass is 10.2. The summed E-state index contributed by atoms with van der Waals surface area (Å²) in [5.41, 5.74) is 1.29. The Labute approximate surface area is 148 Å². The maximum absolute atomic E-state index is 12.4. The molecule has 2 aromatic rings. The Hall–Kier alpha value is -1.72. The summed E-state index contributed by atoms with van der Waals surface area (Å²) in [5, 5.41) is 2.10. The van der Waals surface area contributed by atoms with Gasteiger partial charge in [0.05, 0.1) is 0 Å². The summed E-state index contributed by atoms with van der Waals surface area (Å²) in [6.07, 6.45) is 7.39. The molecule has 0 saturated carbocycles. The van der Waals surface area contributed by atoms with E-state index in [-0.39, 0.29) is 0 Å². The minimum atomic E-state index is 0.317. The Balaban J connectivity index is 1.42. The van der Waals surface area contributed by atoms with Crippen LogP contribution < -0.4 is 0 Å². The highest BCUT2D eigenvalue weighted by Gasteiger charge is 2.18. The molecule has 0 atom stereocenters. The van der Waals surface area contributed by atoms with Crippen molar-refractivity contribution in [1.82, 2.24) is 14.8 Å². The predicted octanol–water partition coefficient (Wildman–Crippen LogP) is 3.20. The van der Waals surface area contributed by atoms with Gasteiger partial charge in [0.15, 0.2) is 0 Å². The molecule has 0 spiro atoms. The zero-order valence-corrected chi connectivity index (χ0v) is 14.9. The lowest BCUT2D eigenvalue weighted by Crippen LogP contribution is -2.35. The molecule has 0 radical (unpaired) electrons. The number of thiophene rings is 1. The van der Waals surface area contributed by atoms with E-state index in [1.807, 2.05) is 12.4 Å². The van der Waals surface area contributed by atoms with Crippen molar-refractivity contribution in [2.24, 2.45) is 0 Å².